The van der Waals surface area contributed by atoms with Crippen LogP contribution in [-0.2, 0) is 14.8 Å². The summed E-state index contributed by atoms with van der Waals surface area (Å²) in [5, 5.41) is 2.94. The number of amides is 1. The molecule has 150 valence electrons. The highest BCUT2D eigenvalue weighted by molar-refractivity contribution is 7.99. The van der Waals surface area contributed by atoms with E-state index in [1.165, 1.54) is 42.7 Å². The minimum atomic E-state index is -3.85. The summed E-state index contributed by atoms with van der Waals surface area (Å²) in [7, 11) is -3.85. The summed E-state index contributed by atoms with van der Waals surface area (Å²) in [5.41, 5.74) is 11.6. The van der Waals surface area contributed by atoms with Gasteiger partial charge in [0.2, 0.25) is 11.9 Å². The Kier molecular flexibility index (Phi) is 6.09. The maximum Gasteiger partial charge on any atom is 0.264 e. The van der Waals surface area contributed by atoms with E-state index in [4.69, 9.17) is 11.5 Å². The van der Waals surface area contributed by atoms with Crippen LogP contribution < -0.4 is 21.5 Å². The van der Waals surface area contributed by atoms with Crippen molar-refractivity contribution in [1.29, 1.82) is 0 Å². The van der Waals surface area contributed by atoms with Gasteiger partial charge in [-0.25, -0.2) is 33.1 Å². The highest BCUT2D eigenvalue weighted by Crippen LogP contribution is 2.19. The molecule has 0 bridgehead atoms. The minimum absolute atomic E-state index is 0.000892. The van der Waals surface area contributed by atoms with Crippen molar-refractivity contribution in [1.82, 2.24) is 19.9 Å². The normalized spacial score (nSPS) is 11.0. The number of benzene rings is 1. The lowest BCUT2D eigenvalue weighted by Crippen LogP contribution is -2.16. The average Bonchev–Trinajstić information content (AvgIpc) is 2.66. The molecule has 0 unspecified atom stereocenters. The smallest absolute Gasteiger partial charge is 0.264 e. The van der Waals surface area contributed by atoms with E-state index in [-0.39, 0.29) is 39.3 Å². The number of aromatic nitrogens is 4. The number of nitrogens with zero attached hydrogens (tertiary/aromatic N) is 4. The van der Waals surface area contributed by atoms with Crippen molar-refractivity contribution >= 4 is 51.0 Å². The number of nitrogens with two attached hydrogens (primary N) is 2. The zero-order valence-corrected chi connectivity index (χ0v) is 16.4. The molecule has 0 aliphatic heterocycles. The molecule has 3 rings (SSSR count). The number of hydrogen-bond donors (Lipinski definition) is 4. The second-order valence-electron chi connectivity index (χ2n) is 5.54. The molecular weight excluding hydrogens is 416 g/mol. The van der Waals surface area contributed by atoms with Gasteiger partial charge in [-0.3, -0.25) is 4.79 Å². The van der Waals surface area contributed by atoms with E-state index in [0.717, 1.165) is 11.8 Å². The number of rotatable bonds is 7. The number of hydrogen-bond acceptors (Lipinski definition) is 10. The fourth-order valence-corrected chi connectivity index (χ4v) is 3.73. The first-order valence-corrected chi connectivity index (χ1v) is 10.5. The highest BCUT2D eigenvalue weighted by atomic mass is 32.2. The fourth-order valence-electron chi connectivity index (χ4n) is 2.10. The van der Waals surface area contributed by atoms with Crippen molar-refractivity contribution in [3.05, 3.63) is 48.8 Å². The molecule has 29 heavy (non-hydrogen) atoms. The van der Waals surface area contributed by atoms with Gasteiger partial charge in [0.15, 0.2) is 5.16 Å². The topological polar surface area (TPSA) is 179 Å². The van der Waals surface area contributed by atoms with Crippen LogP contribution in [0.2, 0.25) is 0 Å². The van der Waals surface area contributed by atoms with E-state index in [0.29, 0.717) is 5.69 Å². The van der Waals surface area contributed by atoms with E-state index in [2.05, 4.69) is 30.0 Å². The third kappa shape index (κ3) is 5.76. The zero-order valence-electron chi connectivity index (χ0n) is 14.8. The molecule has 0 fully saturated rings. The Hall–Kier alpha value is -3.45. The third-order valence-corrected chi connectivity index (χ3v) is 5.51. The van der Waals surface area contributed by atoms with Crippen molar-refractivity contribution in [2.75, 3.05) is 27.3 Å². The molecule has 11 nitrogen and oxygen atoms in total. The standard InChI is InChI=1S/C16H16N8O3S2/c17-12-8-13(18)23-16(22-12)28-9-14(25)21-10-2-4-11(5-3-10)29(26,27)24-15-19-6-1-7-20-15/h1-8H,9H2,(H,21,25)(H,19,20,24)(H4,17,18,22,23). The summed E-state index contributed by atoms with van der Waals surface area (Å²) < 4.78 is 26.9. The SMILES string of the molecule is Nc1cc(N)nc(SCC(=O)Nc2ccc(S(=O)(=O)Nc3ncccn3)cc2)n1. The van der Waals surface area contributed by atoms with Gasteiger partial charge in [-0.2, -0.15) is 0 Å². The molecule has 2 aromatic heterocycles. The van der Waals surface area contributed by atoms with Gasteiger partial charge in [0.05, 0.1) is 10.6 Å². The van der Waals surface area contributed by atoms with Crippen molar-refractivity contribution in [3.63, 3.8) is 0 Å². The highest BCUT2D eigenvalue weighted by Gasteiger charge is 2.15. The van der Waals surface area contributed by atoms with Crippen molar-refractivity contribution in [3.8, 4) is 0 Å². The first kappa shape index (κ1) is 20.3. The number of nitrogen functional groups attached to an aromatic ring is 2. The van der Waals surface area contributed by atoms with Gasteiger partial charge in [-0.1, -0.05) is 11.8 Å². The lowest BCUT2D eigenvalue weighted by atomic mass is 10.3. The molecule has 0 spiro atoms. The van der Waals surface area contributed by atoms with E-state index in [1.807, 2.05) is 0 Å². The first-order valence-electron chi connectivity index (χ1n) is 8.04. The lowest BCUT2D eigenvalue weighted by Gasteiger charge is -2.08. The van der Waals surface area contributed by atoms with E-state index < -0.39 is 10.0 Å². The molecule has 3 aromatic rings. The quantitative estimate of drug-likeness (QED) is 0.310. The van der Waals surface area contributed by atoms with Crippen LogP contribution in [-0.4, -0.2) is 40.0 Å². The maximum atomic E-state index is 12.3. The molecule has 13 heteroatoms. The Morgan fingerprint density at radius 1 is 1.03 bits per heavy atom. The summed E-state index contributed by atoms with van der Waals surface area (Å²) in [5.74, 6) is 0.0892. The average molecular weight is 432 g/mol. The molecule has 0 aliphatic carbocycles. The van der Waals surface area contributed by atoms with Crippen molar-refractivity contribution < 1.29 is 13.2 Å². The third-order valence-electron chi connectivity index (χ3n) is 3.32. The summed E-state index contributed by atoms with van der Waals surface area (Å²) in [6.07, 6.45) is 2.84. The molecule has 0 saturated carbocycles. The lowest BCUT2D eigenvalue weighted by molar-refractivity contribution is -0.113. The van der Waals surface area contributed by atoms with Gasteiger partial charge in [0, 0.05) is 24.1 Å². The number of carbonyl (C=O) groups is 1. The van der Waals surface area contributed by atoms with Gasteiger partial charge in [0.1, 0.15) is 11.6 Å². The molecule has 1 amide bonds. The van der Waals surface area contributed by atoms with Gasteiger partial charge in [0.25, 0.3) is 10.0 Å². The molecule has 0 saturated heterocycles. The Labute approximate surface area is 170 Å². The van der Waals surface area contributed by atoms with Gasteiger partial charge in [-0.05, 0) is 30.3 Å². The molecule has 2 heterocycles. The van der Waals surface area contributed by atoms with Crippen LogP contribution in [0.4, 0.5) is 23.3 Å². The predicted octanol–water partition coefficient (Wildman–Crippen LogP) is 0.963. The van der Waals surface area contributed by atoms with Crippen LogP contribution in [0.5, 0.6) is 0 Å². The number of carbonyl (C=O) groups excluding carboxylic acids is 1. The fraction of sp³-hybridized carbons (Fsp3) is 0.0625. The first-order chi connectivity index (χ1) is 13.8. The molecule has 0 atom stereocenters. The maximum absolute atomic E-state index is 12.3. The van der Waals surface area contributed by atoms with E-state index >= 15 is 0 Å². The summed E-state index contributed by atoms with van der Waals surface area (Å²) in [6.45, 7) is 0. The molecule has 1 aromatic carbocycles. The largest absolute Gasteiger partial charge is 0.383 e. The van der Waals surface area contributed by atoms with Crippen LogP contribution >= 0.6 is 11.8 Å². The van der Waals surface area contributed by atoms with Gasteiger partial charge in [-0.15, -0.1) is 0 Å². The number of sulfonamides is 1. The molecule has 0 aliphatic rings. The van der Waals surface area contributed by atoms with Crippen LogP contribution in [0.25, 0.3) is 0 Å². The molecular formula is C16H16N8O3S2. The van der Waals surface area contributed by atoms with Gasteiger partial charge >= 0.3 is 0 Å². The Balaban J connectivity index is 1.59. The Morgan fingerprint density at radius 2 is 1.66 bits per heavy atom. The van der Waals surface area contributed by atoms with Gasteiger partial charge < -0.3 is 16.8 Å². The van der Waals surface area contributed by atoms with E-state index in [1.54, 1.807) is 6.07 Å². The second-order valence-corrected chi connectivity index (χ2v) is 8.16. The summed E-state index contributed by atoms with van der Waals surface area (Å²) in [4.78, 5) is 27.7. The van der Waals surface area contributed by atoms with Crippen molar-refractivity contribution in [2.45, 2.75) is 10.1 Å². The van der Waals surface area contributed by atoms with Crippen LogP contribution in [0, 0.1) is 0 Å². The van der Waals surface area contributed by atoms with Crippen LogP contribution in [0.15, 0.2) is 58.8 Å². The number of nitrogens with one attached hydrogen (secondary N) is 2. The van der Waals surface area contributed by atoms with Crippen LogP contribution in [0.1, 0.15) is 0 Å². The molecule has 6 N–H and O–H groups in total. The van der Waals surface area contributed by atoms with Crippen LogP contribution in [0.3, 0.4) is 0 Å². The molecule has 0 radical (unpaired) electrons. The van der Waals surface area contributed by atoms with E-state index in [9.17, 15) is 13.2 Å². The Bertz CT molecular complexity index is 1090. The number of anilines is 4. The monoisotopic (exact) mass is 432 g/mol. The minimum Gasteiger partial charge on any atom is -0.383 e. The summed E-state index contributed by atoms with van der Waals surface area (Å²) >= 11 is 1.07. The second kappa shape index (κ2) is 8.70. The Morgan fingerprint density at radius 3 is 2.28 bits per heavy atom. The predicted molar refractivity (Wildman–Crippen MR) is 109 cm³/mol. The zero-order chi connectivity index (χ0) is 20.9. The van der Waals surface area contributed by atoms with Crippen molar-refractivity contribution in [2.24, 2.45) is 0 Å². The summed E-state index contributed by atoms with van der Waals surface area (Å²) in [6, 6.07) is 8.64. The number of thioether (sulfide) groups is 1.